The van der Waals surface area contributed by atoms with Gasteiger partial charge in [-0.1, -0.05) is 17.7 Å². The summed E-state index contributed by atoms with van der Waals surface area (Å²) in [5.41, 5.74) is 1.28. The highest BCUT2D eigenvalue weighted by Gasteiger charge is 2.22. The van der Waals surface area contributed by atoms with Gasteiger partial charge in [0.05, 0.1) is 11.6 Å². The van der Waals surface area contributed by atoms with Crippen molar-refractivity contribution in [3.05, 3.63) is 28.8 Å². The number of ether oxygens (including phenoxy) is 1. The van der Waals surface area contributed by atoms with Crippen LogP contribution < -0.4 is 10.1 Å². The number of nitrogens with one attached hydrogen (secondary N) is 1. The van der Waals surface area contributed by atoms with Crippen molar-refractivity contribution in [2.24, 2.45) is 5.92 Å². The van der Waals surface area contributed by atoms with Crippen LogP contribution in [0.3, 0.4) is 0 Å². The molecule has 1 N–H and O–H groups in total. The molecule has 0 bridgehead atoms. The average Bonchev–Trinajstić information content (AvgIpc) is 3.00. The zero-order valence-electron chi connectivity index (χ0n) is 9.92. The molecule has 17 heavy (non-hydrogen) atoms. The number of halogens is 1. The number of benzene rings is 1. The second kappa shape index (κ2) is 4.87. The predicted molar refractivity (Wildman–Crippen MR) is 69.6 cm³/mol. The Balaban J connectivity index is 1.68. The lowest BCUT2D eigenvalue weighted by molar-refractivity contribution is 0.300. The maximum absolute atomic E-state index is 6.26. The summed E-state index contributed by atoms with van der Waals surface area (Å²) in [4.78, 5) is 0. The lowest BCUT2D eigenvalue weighted by Gasteiger charge is -2.13. The Bertz CT molecular complexity index is 397. The van der Waals surface area contributed by atoms with Gasteiger partial charge in [-0.25, -0.2) is 0 Å². The van der Waals surface area contributed by atoms with Crippen molar-refractivity contribution in [1.82, 2.24) is 5.32 Å². The van der Waals surface area contributed by atoms with Crippen molar-refractivity contribution in [2.75, 3.05) is 13.2 Å². The summed E-state index contributed by atoms with van der Waals surface area (Å²) < 4.78 is 5.73. The quantitative estimate of drug-likeness (QED) is 0.884. The Morgan fingerprint density at radius 1 is 1.29 bits per heavy atom. The third kappa shape index (κ3) is 2.75. The molecule has 2 aliphatic rings. The van der Waals surface area contributed by atoms with Crippen LogP contribution in [0.4, 0.5) is 0 Å². The van der Waals surface area contributed by atoms with E-state index in [9.17, 15) is 0 Å². The van der Waals surface area contributed by atoms with Gasteiger partial charge < -0.3 is 10.1 Å². The fraction of sp³-hybridized carbons (Fsp3) is 0.571. The van der Waals surface area contributed by atoms with E-state index >= 15 is 0 Å². The Morgan fingerprint density at radius 3 is 2.82 bits per heavy atom. The smallest absolute Gasteiger partial charge is 0.137 e. The monoisotopic (exact) mass is 251 g/mol. The van der Waals surface area contributed by atoms with Gasteiger partial charge in [-0.15, -0.1) is 0 Å². The molecule has 1 unspecified atom stereocenters. The van der Waals surface area contributed by atoms with Gasteiger partial charge in [0.15, 0.2) is 0 Å². The zero-order chi connectivity index (χ0) is 11.7. The first-order valence-electron chi connectivity index (χ1n) is 6.48. The molecule has 3 heteroatoms. The second-order valence-electron chi connectivity index (χ2n) is 5.09. The van der Waals surface area contributed by atoms with Crippen molar-refractivity contribution in [2.45, 2.75) is 31.7 Å². The second-order valence-corrected chi connectivity index (χ2v) is 5.50. The first kappa shape index (κ1) is 11.4. The topological polar surface area (TPSA) is 21.3 Å². The summed E-state index contributed by atoms with van der Waals surface area (Å²) in [6, 6.07) is 6.68. The van der Waals surface area contributed by atoms with Crippen LogP contribution in [-0.2, 0) is 0 Å². The number of rotatable bonds is 4. The molecule has 1 atom stereocenters. The van der Waals surface area contributed by atoms with E-state index in [0.29, 0.717) is 6.04 Å². The molecular formula is C14H18ClNO. The fourth-order valence-corrected chi connectivity index (χ4v) is 2.56. The molecule has 92 valence electrons. The molecule has 1 aliphatic heterocycles. The molecule has 0 aromatic heterocycles. The summed E-state index contributed by atoms with van der Waals surface area (Å²) in [6.45, 7) is 1.93. The van der Waals surface area contributed by atoms with Gasteiger partial charge >= 0.3 is 0 Å². The SMILES string of the molecule is Clc1cc(C2CCCN2)ccc1OCC1CC1. The largest absolute Gasteiger partial charge is 0.492 e. The van der Waals surface area contributed by atoms with Crippen LogP contribution in [0.2, 0.25) is 5.02 Å². The molecule has 1 heterocycles. The van der Waals surface area contributed by atoms with Crippen molar-refractivity contribution < 1.29 is 4.74 Å². The van der Waals surface area contributed by atoms with Crippen molar-refractivity contribution in [3.8, 4) is 5.75 Å². The van der Waals surface area contributed by atoms with Gasteiger partial charge in [0.1, 0.15) is 5.75 Å². The van der Waals surface area contributed by atoms with Gasteiger partial charge in [-0.05, 0) is 55.8 Å². The molecule has 0 amide bonds. The van der Waals surface area contributed by atoms with Crippen molar-refractivity contribution in [1.29, 1.82) is 0 Å². The highest BCUT2D eigenvalue weighted by Crippen LogP contribution is 2.33. The summed E-state index contributed by atoms with van der Waals surface area (Å²) in [5, 5.41) is 4.23. The molecule has 0 radical (unpaired) electrons. The first-order chi connectivity index (χ1) is 8.33. The highest BCUT2D eigenvalue weighted by atomic mass is 35.5. The van der Waals surface area contributed by atoms with Gasteiger partial charge in [0.2, 0.25) is 0 Å². The van der Waals surface area contributed by atoms with Crippen LogP contribution in [-0.4, -0.2) is 13.2 Å². The van der Waals surface area contributed by atoms with Crippen LogP contribution in [0.15, 0.2) is 18.2 Å². The summed E-state index contributed by atoms with van der Waals surface area (Å²) in [7, 11) is 0. The Labute approximate surface area is 107 Å². The molecule has 2 nitrogen and oxygen atoms in total. The maximum Gasteiger partial charge on any atom is 0.137 e. The van der Waals surface area contributed by atoms with E-state index in [1.165, 1.54) is 31.2 Å². The Kier molecular flexibility index (Phi) is 3.26. The van der Waals surface area contributed by atoms with E-state index in [-0.39, 0.29) is 0 Å². The maximum atomic E-state index is 6.26. The minimum absolute atomic E-state index is 0.477. The minimum Gasteiger partial charge on any atom is -0.492 e. The zero-order valence-corrected chi connectivity index (χ0v) is 10.7. The molecule has 2 fully saturated rings. The molecule has 0 spiro atoms. The van der Waals surface area contributed by atoms with Gasteiger partial charge in [-0.2, -0.15) is 0 Å². The lowest BCUT2D eigenvalue weighted by Crippen LogP contribution is -2.12. The van der Waals surface area contributed by atoms with E-state index in [0.717, 1.165) is 29.8 Å². The molecule has 1 aliphatic carbocycles. The summed E-state index contributed by atoms with van der Waals surface area (Å²) >= 11 is 6.26. The Hall–Kier alpha value is -0.730. The van der Waals surface area contributed by atoms with E-state index in [4.69, 9.17) is 16.3 Å². The van der Waals surface area contributed by atoms with Crippen LogP contribution in [0.5, 0.6) is 5.75 Å². The molecular weight excluding hydrogens is 234 g/mol. The van der Waals surface area contributed by atoms with E-state index in [1.54, 1.807) is 0 Å². The highest BCUT2D eigenvalue weighted by molar-refractivity contribution is 6.32. The van der Waals surface area contributed by atoms with Crippen LogP contribution in [0.1, 0.15) is 37.3 Å². The van der Waals surface area contributed by atoms with Gasteiger partial charge in [0, 0.05) is 6.04 Å². The van der Waals surface area contributed by atoms with Crippen LogP contribution >= 0.6 is 11.6 Å². The molecule has 1 aromatic rings. The number of hydrogen-bond donors (Lipinski definition) is 1. The normalized spacial score (nSPS) is 23.9. The van der Waals surface area contributed by atoms with Crippen LogP contribution in [0.25, 0.3) is 0 Å². The molecule has 3 rings (SSSR count). The summed E-state index contributed by atoms with van der Waals surface area (Å²) in [5.74, 6) is 1.60. The summed E-state index contributed by atoms with van der Waals surface area (Å²) in [6.07, 6.45) is 5.07. The average molecular weight is 252 g/mol. The van der Waals surface area contributed by atoms with Crippen molar-refractivity contribution in [3.63, 3.8) is 0 Å². The number of hydrogen-bond acceptors (Lipinski definition) is 2. The standard InChI is InChI=1S/C14H18ClNO/c15-12-8-11(13-2-1-7-16-13)5-6-14(12)17-9-10-3-4-10/h5-6,8,10,13,16H,1-4,7,9H2. The van der Waals surface area contributed by atoms with Crippen LogP contribution in [0, 0.1) is 5.92 Å². The third-order valence-corrected chi connectivity index (χ3v) is 3.89. The minimum atomic E-state index is 0.477. The van der Waals surface area contributed by atoms with Crippen molar-refractivity contribution >= 4 is 11.6 Å². The van der Waals surface area contributed by atoms with Gasteiger partial charge in [-0.3, -0.25) is 0 Å². The lowest BCUT2D eigenvalue weighted by atomic mass is 10.1. The van der Waals surface area contributed by atoms with E-state index < -0.39 is 0 Å². The molecule has 1 aromatic carbocycles. The first-order valence-corrected chi connectivity index (χ1v) is 6.86. The third-order valence-electron chi connectivity index (χ3n) is 3.59. The van der Waals surface area contributed by atoms with Gasteiger partial charge in [0.25, 0.3) is 0 Å². The fourth-order valence-electron chi connectivity index (χ4n) is 2.31. The molecule has 1 saturated heterocycles. The van der Waals surface area contributed by atoms with E-state index in [1.807, 2.05) is 12.1 Å². The predicted octanol–water partition coefficient (Wildman–Crippen LogP) is 3.55. The Morgan fingerprint density at radius 2 is 2.18 bits per heavy atom. The van der Waals surface area contributed by atoms with E-state index in [2.05, 4.69) is 11.4 Å². The molecule has 1 saturated carbocycles.